The zero-order valence-corrected chi connectivity index (χ0v) is 15.6. The number of sulfone groups is 1. The van der Waals surface area contributed by atoms with Gasteiger partial charge in [-0.2, -0.15) is 0 Å². The molecule has 1 aliphatic rings. The maximum atomic E-state index is 13.1. The Bertz CT molecular complexity index is 836. The molecule has 2 aromatic rings. The lowest BCUT2D eigenvalue weighted by molar-refractivity contribution is 0.301. The maximum absolute atomic E-state index is 13.1. The van der Waals surface area contributed by atoms with Gasteiger partial charge in [-0.15, -0.1) is 0 Å². The largest absolute Gasteiger partial charge is 0.492 e. The summed E-state index contributed by atoms with van der Waals surface area (Å²) in [6.07, 6.45) is 4.52. The molecule has 26 heavy (non-hydrogen) atoms. The molecule has 2 atom stereocenters. The summed E-state index contributed by atoms with van der Waals surface area (Å²) in [5.41, 5.74) is 1.17. The van der Waals surface area contributed by atoms with Crippen LogP contribution in [0.1, 0.15) is 30.7 Å². The molecule has 0 amide bonds. The molecule has 140 valence electrons. The van der Waals surface area contributed by atoms with Crippen LogP contribution < -0.4 is 10.1 Å². The third-order valence-corrected chi connectivity index (χ3v) is 5.94. The molecule has 4 nitrogen and oxygen atoms in total. The Hall–Kier alpha value is -1.92. The topological polar surface area (TPSA) is 55.4 Å². The van der Waals surface area contributed by atoms with Crippen molar-refractivity contribution in [3.8, 4) is 5.75 Å². The molecule has 0 unspecified atom stereocenters. The minimum atomic E-state index is -3.23. The molecule has 3 rings (SSSR count). The highest BCUT2D eigenvalue weighted by molar-refractivity contribution is 7.90. The van der Waals surface area contributed by atoms with Crippen LogP contribution >= 0.6 is 0 Å². The standard InChI is InChI=1S/C20H24FNO3S/c1-26(23,24)18-5-2-4-17(14-18)25-13-12-22-20-7-3-6-19(20)15-8-10-16(21)11-9-15/h2,4-5,8-11,14,19-20,22H,3,6-7,12-13H2,1H3/t19-,20+/m1/s1. The Morgan fingerprint density at radius 2 is 1.92 bits per heavy atom. The van der Waals surface area contributed by atoms with Crippen LogP contribution in [-0.4, -0.2) is 33.9 Å². The van der Waals surface area contributed by atoms with E-state index in [-0.39, 0.29) is 10.7 Å². The van der Waals surface area contributed by atoms with E-state index in [4.69, 9.17) is 4.74 Å². The lowest BCUT2D eigenvalue weighted by Gasteiger charge is -2.21. The number of ether oxygens (including phenoxy) is 1. The van der Waals surface area contributed by atoms with Crippen molar-refractivity contribution in [2.45, 2.75) is 36.1 Å². The highest BCUT2D eigenvalue weighted by Gasteiger charge is 2.27. The molecule has 0 bridgehead atoms. The third kappa shape index (κ3) is 4.83. The smallest absolute Gasteiger partial charge is 0.175 e. The van der Waals surface area contributed by atoms with E-state index in [9.17, 15) is 12.8 Å². The molecule has 6 heteroatoms. The molecule has 1 fully saturated rings. The van der Waals surface area contributed by atoms with Gasteiger partial charge in [0.1, 0.15) is 18.2 Å². The fourth-order valence-electron chi connectivity index (χ4n) is 3.52. The van der Waals surface area contributed by atoms with Gasteiger partial charge < -0.3 is 10.1 Å². The fraction of sp³-hybridized carbons (Fsp3) is 0.400. The van der Waals surface area contributed by atoms with E-state index in [2.05, 4.69) is 5.32 Å². The zero-order valence-electron chi connectivity index (χ0n) is 14.8. The van der Waals surface area contributed by atoms with Crippen LogP contribution in [0.2, 0.25) is 0 Å². The number of rotatable bonds is 7. The molecule has 0 saturated heterocycles. The van der Waals surface area contributed by atoms with E-state index in [1.165, 1.54) is 24.0 Å². The number of hydrogen-bond donors (Lipinski definition) is 1. The van der Waals surface area contributed by atoms with E-state index in [1.54, 1.807) is 24.3 Å². The summed E-state index contributed by atoms with van der Waals surface area (Å²) in [6.45, 7) is 1.13. The van der Waals surface area contributed by atoms with E-state index < -0.39 is 9.84 Å². The van der Waals surface area contributed by atoms with Gasteiger partial charge in [0.25, 0.3) is 0 Å². The molecule has 0 aliphatic heterocycles. The van der Waals surface area contributed by atoms with Crippen molar-refractivity contribution in [3.63, 3.8) is 0 Å². The van der Waals surface area contributed by atoms with Gasteiger partial charge in [0, 0.05) is 18.8 Å². The summed E-state index contributed by atoms with van der Waals surface area (Å²) in [5.74, 6) is 0.737. The second-order valence-corrected chi connectivity index (χ2v) is 8.76. The van der Waals surface area contributed by atoms with Crippen molar-refractivity contribution >= 4 is 9.84 Å². The molecule has 0 spiro atoms. The Morgan fingerprint density at radius 1 is 1.15 bits per heavy atom. The Labute approximate surface area is 154 Å². The van der Waals surface area contributed by atoms with Gasteiger partial charge in [0.15, 0.2) is 9.84 Å². The molecule has 0 radical (unpaired) electrons. The zero-order chi connectivity index (χ0) is 18.6. The summed E-state index contributed by atoms with van der Waals surface area (Å²) in [5, 5.41) is 3.52. The maximum Gasteiger partial charge on any atom is 0.175 e. The lowest BCUT2D eigenvalue weighted by atomic mass is 9.94. The highest BCUT2D eigenvalue weighted by atomic mass is 32.2. The Morgan fingerprint density at radius 3 is 2.65 bits per heavy atom. The van der Waals surface area contributed by atoms with Gasteiger partial charge in [-0.05, 0) is 54.7 Å². The van der Waals surface area contributed by atoms with E-state index >= 15 is 0 Å². The molecule has 0 aromatic heterocycles. The van der Waals surface area contributed by atoms with E-state index in [0.29, 0.717) is 30.9 Å². The minimum Gasteiger partial charge on any atom is -0.492 e. The van der Waals surface area contributed by atoms with E-state index in [1.807, 2.05) is 12.1 Å². The number of nitrogens with one attached hydrogen (secondary N) is 1. The normalized spacial score (nSPS) is 20.2. The SMILES string of the molecule is CS(=O)(=O)c1cccc(OCCN[C@H]2CCC[C@@H]2c2ccc(F)cc2)c1. The summed E-state index contributed by atoms with van der Waals surface area (Å²) in [6, 6.07) is 13.7. The monoisotopic (exact) mass is 377 g/mol. The molecular formula is C20H24FNO3S. The predicted octanol–water partition coefficient (Wildman–Crippen LogP) is 3.53. The van der Waals surface area contributed by atoms with Gasteiger partial charge in [-0.25, -0.2) is 12.8 Å². The average molecular weight is 377 g/mol. The fourth-order valence-corrected chi connectivity index (χ4v) is 4.18. The Kier molecular flexibility index (Phi) is 5.94. The molecule has 1 N–H and O–H groups in total. The van der Waals surface area contributed by atoms with Crippen molar-refractivity contribution in [1.82, 2.24) is 5.32 Å². The van der Waals surface area contributed by atoms with Crippen molar-refractivity contribution in [3.05, 3.63) is 59.9 Å². The summed E-state index contributed by atoms with van der Waals surface area (Å²) in [4.78, 5) is 0.259. The summed E-state index contributed by atoms with van der Waals surface area (Å²) in [7, 11) is -3.23. The van der Waals surface area contributed by atoms with Crippen LogP contribution in [0, 0.1) is 5.82 Å². The van der Waals surface area contributed by atoms with Crippen molar-refractivity contribution < 1.29 is 17.5 Å². The number of benzene rings is 2. The predicted molar refractivity (Wildman–Crippen MR) is 99.8 cm³/mol. The van der Waals surface area contributed by atoms with Gasteiger partial charge in [0.2, 0.25) is 0 Å². The van der Waals surface area contributed by atoms with E-state index in [0.717, 1.165) is 19.3 Å². The average Bonchev–Trinajstić information content (AvgIpc) is 3.07. The van der Waals surface area contributed by atoms with Crippen LogP contribution in [0.25, 0.3) is 0 Å². The lowest BCUT2D eigenvalue weighted by Crippen LogP contribution is -2.34. The van der Waals surface area contributed by atoms with Crippen molar-refractivity contribution in [2.24, 2.45) is 0 Å². The second-order valence-electron chi connectivity index (χ2n) is 6.75. The molecule has 1 saturated carbocycles. The molecular weight excluding hydrogens is 353 g/mol. The van der Waals surface area contributed by atoms with Gasteiger partial charge in [-0.3, -0.25) is 0 Å². The van der Waals surface area contributed by atoms with Crippen LogP contribution in [0.5, 0.6) is 5.75 Å². The van der Waals surface area contributed by atoms with Gasteiger partial charge >= 0.3 is 0 Å². The minimum absolute atomic E-state index is 0.207. The van der Waals surface area contributed by atoms with Gasteiger partial charge in [0.05, 0.1) is 4.90 Å². The molecule has 1 aliphatic carbocycles. The quantitative estimate of drug-likeness (QED) is 0.750. The first kappa shape index (κ1) is 18.9. The number of hydrogen-bond acceptors (Lipinski definition) is 4. The second kappa shape index (κ2) is 8.18. The highest BCUT2D eigenvalue weighted by Crippen LogP contribution is 2.34. The first-order chi connectivity index (χ1) is 12.4. The third-order valence-electron chi connectivity index (χ3n) is 4.83. The van der Waals surface area contributed by atoms with Crippen LogP contribution in [0.15, 0.2) is 53.4 Å². The summed E-state index contributed by atoms with van der Waals surface area (Å²) < 4.78 is 42.0. The first-order valence-corrected chi connectivity index (χ1v) is 10.7. The van der Waals surface area contributed by atoms with Gasteiger partial charge in [-0.1, -0.05) is 24.6 Å². The van der Waals surface area contributed by atoms with Crippen LogP contribution in [0.4, 0.5) is 4.39 Å². The van der Waals surface area contributed by atoms with Crippen molar-refractivity contribution in [2.75, 3.05) is 19.4 Å². The van der Waals surface area contributed by atoms with Crippen LogP contribution in [-0.2, 0) is 9.84 Å². The van der Waals surface area contributed by atoms with Crippen LogP contribution in [0.3, 0.4) is 0 Å². The first-order valence-electron chi connectivity index (χ1n) is 8.85. The molecule has 0 heterocycles. The summed E-state index contributed by atoms with van der Waals surface area (Å²) >= 11 is 0. The number of halogens is 1. The Balaban J connectivity index is 1.51. The molecule has 2 aromatic carbocycles. The van der Waals surface area contributed by atoms with Crippen molar-refractivity contribution in [1.29, 1.82) is 0 Å².